The molecule has 0 amide bonds. The van der Waals surface area contributed by atoms with E-state index in [1.165, 1.54) is 24.3 Å². The third-order valence-corrected chi connectivity index (χ3v) is 7.82. The van der Waals surface area contributed by atoms with Crippen LogP contribution in [0.5, 0.6) is 0 Å². The van der Waals surface area contributed by atoms with Gasteiger partial charge in [-0.25, -0.2) is 14.0 Å². The van der Waals surface area contributed by atoms with E-state index in [1.54, 1.807) is 32.0 Å². The monoisotopic (exact) mass is 550 g/mol. The van der Waals surface area contributed by atoms with Gasteiger partial charge in [-0.2, -0.15) is 0 Å². The van der Waals surface area contributed by atoms with Gasteiger partial charge in [0.05, 0.1) is 21.2 Å². The lowest BCUT2D eigenvalue weighted by atomic mass is 9.79. The zero-order valence-corrected chi connectivity index (χ0v) is 21.9. The highest BCUT2D eigenvalue weighted by Gasteiger charge is 2.35. The Morgan fingerprint density at radius 2 is 1.50 bits per heavy atom. The molecule has 5 nitrogen and oxygen atoms in total. The number of halogens is 3. The van der Waals surface area contributed by atoms with E-state index >= 15 is 4.39 Å². The van der Waals surface area contributed by atoms with Crippen molar-refractivity contribution in [2.45, 2.75) is 26.7 Å². The van der Waals surface area contributed by atoms with E-state index in [-0.39, 0.29) is 33.4 Å². The van der Waals surface area contributed by atoms with Crippen LogP contribution in [-0.4, -0.2) is 27.9 Å². The summed E-state index contributed by atoms with van der Waals surface area (Å²) in [5.41, 5.74) is 1.89. The average molecular weight is 551 g/mol. The number of aromatic carboxylic acids is 2. The maximum atomic E-state index is 15.7. The predicted molar refractivity (Wildman–Crippen MR) is 145 cm³/mol. The number of fused-ring (bicyclic) bond motifs is 1. The highest BCUT2D eigenvalue weighted by molar-refractivity contribution is 6.45. The molecule has 1 saturated carbocycles. The van der Waals surface area contributed by atoms with Crippen molar-refractivity contribution < 1.29 is 29.0 Å². The highest BCUT2D eigenvalue weighted by atomic mass is 35.5. The molecule has 0 radical (unpaired) electrons. The minimum absolute atomic E-state index is 0.0499. The number of hydrogen-bond acceptors (Lipinski definition) is 3. The number of carboxylic acids is 2. The fourth-order valence-electron chi connectivity index (χ4n) is 5.15. The van der Waals surface area contributed by atoms with Crippen LogP contribution >= 0.6 is 23.2 Å². The summed E-state index contributed by atoms with van der Waals surface area (Å²) in [6.45, 7) is 3.28. The lowest BCUT2D eigenvalue weighted by molar-refractivity contribution is -0.110. The molecule has 2 N–H and O–H groups in total. The number of carbonyl (C=O) groups excluding carboxylic acids is 1. The molecule has 0 heterocycles. The van der Waals surface area contributed by atoms with Gasteiger partial charge in [0.15, 0.2) is 5.78 Å². The summed E-state index contributed by atoms with van der Waals surface area (Å²) < 4.78 is 15.7. The largest absolute Gasteiger partial charge is 0.478 e. The van der Waals surface area contributed by atoms with Crippen molar-refractivity contribution in [1.82, 2.24) is 0 Å². The van der Waals surface area contributed by atoms with Crippen LogP contribution in [-0.2, 0) is 4.79 Å². The van der Waals surface area contributed by atoms with E-state index in [9.17, 15) is 24.6 Å². The van der Waals surface area contributed by atoms with Crippen molar-refractivity contribution >= 4 is 57.3 Å². The number of benzene rings is 3. The Hall–Kier alpha value is -3.74. The first kappa shape index (κ1) is 25.9. The van der Waals surface area contributed by atoms with Gasteiger partial charge in [0.1, 0.15) is 5.82 Å². The summed E-state index contributed by atoms with van der Waals surface area (Å²) in [6.07, 6.45) is 4.59. The van der Waals surface area contributed by atoms with Gasteiger partial charge in [0, 0.05) is 0 Å². The van der Waals surface area contributed by atoms with Gasteiger partial charge >= 0.3 is 11.9 Å². The van der Waals surface area contributed by atoms with E-state index in [4.69, 9.17) is 23.2 Å². The molecule has 3 aromatic carbocycles. The van der Waals surface area contributed by atoms with Crippen LogP contribution in [0.1, 0.15) is 55.8 Å². The SMILES string of the molecule is Cc1c(F)c(C)c2ccccc2c1/C(=C1/C=C(Cl)C(=O)C=C1C1CC1)c1ccc(C(=O)O)c(Cl)c1C(=O)O. The first-order chi connectivity index (χ1) is 18.0. The van der Waals surface area contributed by atoms with Crippen molar-refractivity contribution in [3.8, 4) is 0 Å². The van der Waals surface area contributed by atoms with Gasteiger partial charge in [-0.3, -0.25) is 4.79 Å². The van der Waals surface area contributed by atoms with Gasteiger partial charge in [0.25, 0.3) is 0 Å². The molecule has 0 atom stereocenters. The molecule has 0 saturated heterocycles. The molecular weight excluding hydrogens is 530 g/mol. The third-order valence-electron chi connectivity index (χ3n) is 7.13. The molecule has 5 rings (SSSR count). The Kier molecular flexibility index (Phi) is 6.49. The Morgan fingerprint density at radius 1 is 0.868 bits per heavy atom. The molecular formula is C30H21Cl2FO5. The summed E-state index contributed by atoms with van der Waals surface area (Å²) >= 11 is 12.7. The Bertz CT molecular complexity index is 1690. The molecule has 0 unspecified atom stereocenters. The Morgan fingerprint density at radius 3 is 2.11 bits per heavy atom. The summed E-state index contributed by atoms with van der Waals surface area (Å²) in [4.78, 5) is 36.9. The van der Waals surface area contributed by atoms with Crippen molar-refractivity contribution in [3.63, 3.8) is 0 Å². The normalized spacial score (nSPS) is 16.8. The second-order valence-electron chi connectivity index (χ2n) is 9.46. The molecule has 192 valence electrons. The molecule has 3 aromatic rings. The molecule has 8 heteroatoms. The van der Waals surface area contributed by atoms with Gasteiger partial charge < -0.3 is 10.2 Å². The molecule has 0 aromatic heterocycles. The summed E-state index contributed by atoms with van der Waals surface area (Å²) in [5.74, 6) is -3.61. The zero-order chi connectivity index (χ0) is 27.5. The summed E-state index contributed by atoms with van der Waals surface area (Å²) in [7, 11) is 0. The topological polar surface area (TPSA) is 91.7 Å². The van der Waals surface area contributed by atoms with E-state index in [0.29, 0.717) is 38.6 Å². The van der Waals surface area contributed by atoms with Gasteiger partial charge in [0.2, 0.25) is 0 Å². The molecule has 2 aliphatic rings. The van der Waals surface area contributed by atoms with E-state index < -0.39 is 28.3 Å². The zero-order valence-electron chi connectivity index (χ0n) is 20.4. The van der Waals surface area contributed by atoms with Crippen LogP contribution in [0.4, 0.5) is 4.39 Å². The number of carbonyl (C=O) groups is 3. The molecule has 38 heavy (non-hydrogen) atoms. The first-order valence-electron chi connectivity index (χ1n) is 11.9. The second-order valence-corrected chi connectivity index (χ2v) is 10.2. The molecule has 0 spiro atoms. The fourth-order valence-corrected chi connectivity index (χ4v) is 5.64. The number of aryl methyl sites for hydroxylation is 1. The van der Waals surface area contributed by atoms with Crippen molar-refractivity contribution in [2.24, 2.45) is 5.92 Å². The highest BCUT2D eigenvalue weighted by Crippen LogP contribution is 2.49. The molecule has 1 fully saturated rings. The lowest BCUT2D eigenvalue weighted by Gasteiger charge is -2.25. The molecule has 0 aliphatic heterocycles. The van der Waals surface area contributed by atoms with Gasteiger partial charge in [-0.05, 0) is 101 Å². The number of carboxylic acid groups (broad SMARTS) is 2. The van der Waals surface area contributed by atoms with Gasteiger partial charge in [-0.1, -0.05) is 53.5 Å². The maximum Gasteiger partial charge on any atom is 0.337 e. The smallest absolute Gasteiger partial charge is 0.337 e. The summed E-state index contributed by atoms with van der Waals surface area (Å²) in [5, 5.41) is 20.6. The Balaban J connectivity index is 2.03. The van der Waals surface area contributed by atoms with E-state index in [0.717, 1.165) is 12.8 Å². The standard InChI is InChI=1S/C30H21Cl2FO5/c1-13-16-5-3-4-6-17(16)24(14(2)28(13)33)25(21-11-22(31)23(34)12-20(21)15-7-8-15)18-9-10-19(29(35)36)27(32)26(18)30(37)38/h3-6,9-12,15H,7-8H2,1-2H3,(H,35,36)(H,37,38)/b25-21-. The van der Waals surface area contributed by atoms with E-state index in [1.807, 2.05) is 6.07 Å². The quantitative estimate of drug-likeness (QED) is 0.343. The van der Waals surface area contributed by atoms with Crippen LogP contribution in [0.15, 0.2) is 64.7 Å². The average Bonchev–Trinajstić information content (AvgIpc) is 3.71. The molecule has 0 bridgehead atoms. The number of ketones is 1. The van der Waals surface area contributed by atoms with Crippen molar-refractivity contribution in [1.29, 1.82) is 0 Å². The van der Waals surface area contributed by atoms with Crippen LogP contribution in [0.3, 0.4) is 0 Å². The van der Waals surface area contributed by atoms with Crippen LogP contribution < -0.4 is 0 Å². The predicted octanol–water partition coefficient (Wildman–Crippen LogP) is 7.49. The maximum absolute atomic E-state index is 15.7. The fraction of sp³-hybridized carbons (Fsp3) is 0.167. The van der Waals surface area contributed by atoms with Crippen LogP contribution in [0.25, 0.3) is 16.3 Å². The number of rotatable bonds is 5. The van der Waals surface area contributed by atoms with Gasteiger partial charge in [-0.15, -0.1) is 0 Å². The van der Waals surface area contributed by atoms with Crippen LogP contribution in [0.2, 0.25) is 5.02 Å². The Labute approximate surface area is 227 Å². The van der Waals surface area contributed by atoms with Crippen molar-refractivity contribution in [2.75, 3.05) is 0 Å². The number of allylic oxidation sites excluding steroid dienone is 5. The minimum Gasteiger partial charge on any atom is -0.478 e. The third kappa shape index (κ3) is 4.14. The minimum atomic E-state index is -1.44. The lowest BCUT2D eigenvalue weighted by Crippen LogP contribution is -2.13. The first-order valence-corrected chi connectivity index (χ1v) is 12.6. The van der Waals surface area contributed by atoms with Crippen molar-refractivity contribution in [3.05, 3.63) is 109 Å². The van der Waals surface area contributed by atoms with E-state index in [2.05, 4.69) is 0 Å². The second kappa shape index (κ2) is 9.53. The van der Waals surface area contributed by atoms with Crippen LogP contribution in [0, 0.1) is 25.6 Å². The summed E-state index contributed by atoms with van der Waals surface area (Å²) in [6, 6.07) is 9.78. The molecule has 2 aliphatic carbocycles. The number of hydrogen-bond donors (Lipinski definition) is 2.